The van der Waals surface area contributed by atoms with E-state index in [9.17, 15) is 18.0 Å². The van der Waals surface area contributed by atoms with Gasteiger partial charge in [-0.15, -0.1) is 0 Å². The van der Waals surface area contributed by atoms with Crippen LogP contribution in [0.15, 0.2) is 39.8 Å². The van der Waals surface area contributed by atoms with Crippen molar-refractivity contribution in [1.29, 1.82) is 0 Å². The SMILES string of the molecule is COc1ccc(NC(=O)COC(=O)c2ccc(S(=O)(=O)NC3CC3)o2)cc1Cl. The highest BCUT2D eigenvalue weighted by atomic mass is 35.5. The van der Waals surface area contributed by atoms with Gasteiger partial charge in [0.15, 0.2) is 6.61 Å². The second-order valence-corrected chi connectivity index (χ2v) is 8.04. The number of rotatable bonds is 8. The number of hydrogen-bond donors (Lipinski definition) is 2. The molecule has 11 heteroatoms. The Hall–Kier alpha value is -2.56. The van der Waals surface area contributed by atoms with Crippen molar-refractivity contribution in [2.45, 2.75) is 24.0 Å². The molecule has 1 aromatic carbocycles. The first-order valence-electron chi connectivity index (χ1n) is 8.21. The molecule has 1 amide bonds. The van der Waals surface area contributed by atoms with Crippen LogP contribution >= 0.6 is 11.6 Å². The third kappa shape index (κ3) is 5.03. The molecule has 150 valence electrons. The maximum atomic E-state index is 12.0. The number of furan rings is 1. The quantitative estimate of drug-likeness (QED) is 0.617. The zero-order valence-electron chi connectivity index (χ0n) is 14.7. The van der Waals surface area contributed by atoms with Gasteiger partial charge < -0.3 is 19.2 Å². The molecule has 0 bridgehead atoms. The van der Waals surface area contributed by atoms with Crippen molar-refractivity contribution in [1.82, 2.24) is 4.72 Å². The summed E-state index contributed by atoms with van der Waals surface area (Å²) in [5.74, 6) is -1.44. The van der Waals surface area contributed by atoms with Gasteiger partial charge in [0.1, 0.15) is 5.75 Å². The Bertz CT molecular complexity index is 999. The van der Waals surface area contributed by atoms with Gasteiger partial charge in [0.05, 0.1) is 12.1 Å². The molecule has 2 aromatic rings. The average Bonchev–Trinajstić information content (AvgIpc) is 3.29. The van der Waals surface area contributed by atoms with E-state index < -0.39 is 28.5 Å². The summed E-state index contributed by atoms with van der Waals surface area (Å²) in [6.45, 7) is -0.592. The van der Waals surface area contributed by atoms with Crippen molar-refractivity contribution in [3.63, 3.8) is 0 Å². The van der Waals surface area contributed by atoms with Crippen molar-refractivity contribution in [3.05, 3.63) is 41.1 Å². The topological polar surface area (TPSA) is 124 Å². The summed E-state index contributed by atoms with van der Waals surface area (Å²) in [5.41, 5.74) is 0.393. The minimum atomic E-state index is -3.82. The van der Waals surface area contributed by atoms with Gasteiger partial charge in [-0.3, -0.25) is 4.79 Å². The number of halogens is 1. The summed E-state index contributed by atoms with van der Waals surface area (Å²) in [4.78, 5) is 23.9. The Kier molecular flexibility index (Phi) is 5.92. The number of ether oxygens (including phenoxy) is 2. The minimum Gasteiger partial charge on any atom is -0.495 e. The molecule has 0 radical (unpaired) electrons. The standard InChI is InChI=1S/C17H17ClN2O7S/c1-25-13-5-4-11(8-12(13)18)19-15(21)9-26-17(22)14-6-7-16(27-14)28(23,24)20-10-2-3-10/h4-8,10,20H,2-3,9H2,1H3,(H,19,21). The van der Waals surface area contributed by atoms with Crippen molar-refractivity contribution >= 4 is 39.2 Å². The fourth-order valence-corrected chi connectivity index (χ4v) is 3.69. The van der Waals surface area contributed by atoms with Crippen LogP contribution in [0.5, 0.6) is 5.75 Å². The molecular formula is C17H17ClN2O7S. The third-order valence-electron chi connectivity index (χ3n) is 3.72. The van der Waals surface area contributed by atoms with E-state index in [0.717, 1.165) is 18.9 Å². The van der Waals surface area contributed by atoms with Gasteiger partial charge in [0.25, 0.3) is 15.9 Å². The number of sulfonamides is 1. The smallest absolute Gasteiger partial charge is 0.374 e. The average molecular weight is 429 g/mol. The Labute approximate surface area is 166 Å². The van der Waals surface area contributed by atoms with Crippen molar-refractivity contribution in [2.24, 2.45) is 0 Å². The lowest BCUT2D eigenvalue weighted by Gasteiger charge is -2.08. The summed E-state index contributed by atoms with van der Waals surface area (Å²) in [5, 5.41) is 2.43. The van der Waals surface area contributed by atoms with Gasteiger partial charge in [-0.25, -0.2) is 17.9 Å². The number of methoxy groups -OCH3 is 1. The third-order valence-corrected chi connectivity index (χ3v) is 5.40. The monoisotopic (exact) mass is 428 g/mol. The van der Waals surface area contributed by atoms with Crippen molar-refractivity contribution < 1.29 is 31.9 Å². The summed E-state index contributed by atoms with van der Waals surface area (Å²) >= 11 is 5.97. The van der Waals surface area contributed by atoms with Crippen LogP contribution < -0.4 is 14.8 Å². The van der Waals surface area contributed by atoms with Crippen LogP contribution in [0.1, 0.15) is 23.4 Å². The number of benzene rings is 1. The molecule has 9 nitrogen and oxygen atoms in total. The van der Waals surface area contributed by atoms with E-state index in [4.69, 9.17) is 25.5 Å². The number of esters is 1. The first-order chi connectivity index (χ1) is 13.3. The summed E-state index contributed by atoms with van der Waals surface area (Å²) < 4.78 is 41.4. The number of hydrogen-bond acceptors (Lipinski definition) is 7. The number of nitrogens with one attached hydrogen (secondary N) is 2. The molecule has 28 heavy (non-hydrogen) atoms. The molecule has 0 saturated heterocycles. The molecule has 1 aromatic heterocycles. The minimum absolute atomic E-state index is 0.0966. The maximum Gasteiger partial charge on any atom is 0.374 e. The predicted octanol–water partition coefficient (Wildman–Crippen LogP) is 2.18. The molecule has 2 N–H and O–H groups in total. The Balaban J connectivity index is 1.53. The summed E-state index contributed by atoms with van der Waals surface area (Å²) in [6.07, 6.45) is 1.53. The molecule has 0 unspecified atom stereocenters. The van der Waals surface area contributed by atoms with Gasteiger partial charge in [-0.2, -0.15) is 0 Å². The van der Waals surface area contributed by atoms with Crippen molar-refractivity contribution in [3.8, 4) is 5.75 Å². The highest BCUT2D eigenvalue weighted by Gasteiger charge is 2.30. The number of carbonyl (C=O) groups is 2. The van der Waals surface area contributed by atoms with Gasteiger partial charge in [-0.05, 0) is 43.2 Å². The number of anilines is 1. The van der Waals surface area contributed by atoms with E-state index in [-0.39, 0.29) is 16.9 Å². The molecule has 1 saturated carbocycles. The van der Waals surface area contributed by atoms with Crippen LogP contribution in [-0.2, 0) is 19.6 Å². The second-order valence-electron chi connectivity index (χ2n) is 5.99. The normalized spacial score (nSPS) is 13.8. The molecule has 1 aliphatic carbocycles. The van der Waals surface area contributed by atoms with Crippen LogP contribution in [0.25, 0.3) is 0 Å². The molecule has 1 heterocycles. The lowest BCUT2D eigenvalue weighted by molar-refractivity contribution is -0.119. The van der Waals surface area contributed by atoms with Crippen LogP contribution in [0.3, 0.4) is 0 Å². The molecule has 1 aliphatic rings. The number of carbonyl (C=O) groups excluding carboxylic acids is 2. The van der Waals surface area contributed by atoms with E-state index in [1.807, 2.05) is 0 Å². The lowest BCUT2D eigenvalue weighted by atomic mass is 10.3. The highest BCUT2D eigenvalue weighted by Crippen LogP contribution is 2.27. The van der Waals surface area contributed by atoms with Gasteiger partial charge in [0, 0.05) is 11.7 Å². The molecule has 1 fully saturated rings. The maximum absolute atomic E-state index is 12.0. The number of amides is 1. The largest absolute Gasteiger partial charge is 0.495 e. The van der Waals surface area contributed by atoms with Crippen LogP contribution in [0, 0.1) is 0 Å². The molecule has 3 rings (SSSR count). The molecule has 0 spiro atoms. The second kappa shape index (κ2) is 8.21. The van der Waals surface area contributed by atoms with Crippen molar-refractivity contribution in [2.75, 3.05) is 19.0 Å². The predicted molar refractivity (Wildman–Crippen MR) is 99.0 cm³/mol. The Morgan fingerprint density at radius 3 is 2.64 bits per heavy atom. The van der Waals surface area contributed by atoms with Crippen LogP contribution in [0.4, 0.5) is 5.69 Å². The highest BCUT2D eigenvalue weighted by molar-refractivity contribution is 7.89. The van der Waals surface area contributed by atoms with E-state index in [1.165, 1.54) is 19.2 Å². The molecule has 0 atom stereocenters. The Morgan fingerprint density at radius 1 is 1.25 bits per heavy atom. The van der Waals surface area contributed by atoms with E-state index in [1.54, 1.807) is 12.1 Å². The van der Waals surface area contributed by atoms with Gasteiger partial charge in [0.2, 0.25) is 10.9 Å². The first-order valence-corrected chi connectivity index (χ1v) is 10.1. The first kappa shape index (κ1) is 20.2. The van der Waals surface area contributed by atoms with Gasteiger partial charge in [-0.1, -0.05) is 11.6 Å². The zero-order chi connectivity index (χ0) is 20.3. The molecule has 0 aliphatic heterocycles. The Morgan fingerprint density at radius 2 is 2.00 bits per heavy atom. The summed E-state index contributed by atoms with van der Waals surface area (Å²) in [7, 11) is -2.35. The van der Waals surface area contributed by atoms with Crippen LogP contribution in [0.2, 0.25) is 5.02 Å². The summed E-state index contributed by atoms with van der Waals surface area (Å²) in [6, 6.07) is 6.86. The fraction of sp³-hybridized carbons (Fsp3) is 0.294. The lowest BCUT2D eigenvalue weighted by Crippen LogP contribution is -2.25. The van der Waals surface area contributed by atoms with Gasteiger partial charge >= 0.3 is 5.97 Å². The van der Waals surface area contributed by atoms with E-state index in [0.29, 0.717) is 16.5 Å². The van der Waals surface area contributed by atoms with Crippen LogP contribution in [-0.4, -0.2) is 40.1 Å². The fourth-order valence-electron chi connectivity index (χ4n) is 2.20. The van der Waals surface area contributed by atoms with E-state index >= 15 is 0 Å². The zero-order valence-corrected chi connectivity index (χ0v) is 16.3. The molecular weight excluding hydrogens is 412 g/mol. The van der Waals surface area contributed by atoms with E-state index in [2.05, 4.69) is 10.0 Å².